The molecule has 1 unspecified atom stereocenters. The Hall–Kier alpha value is -1.27. The van der Waals surface area contributed by atoms with E-state index in [1.807, 2.05) is 0 Å². The molecule has 1 amide bonds. The predicted molar refractivity (Wildman–Crippen MR) is 63.6 cm³/mol. The molecule has 7 heteroatoms. The van der Waals surface area contributed by atoms with Crippen LogP contribution < -0.4 is 10.1 Å². The second kappa shape index (κ2) is 4.19. The zero-order valence-electron chi connectivity index (χ0n) is 8.94. The van der Waals surface area contributed by atoms with Gasteiger partial charge in [-0.25, -0.2) is 8.42 Å². The van der Waals surface area contributed by atoms with Crippen LogP contribution in [0, 0.1) is 0 Å². The molecule has 5 nitrogen and oxygen atoms in total. The molecule has 17 heavy (non-hydrogen) atoms. The van der Waals surface area contributed by atoms with Gasteiger partial charge in [-0.05, 0) is 24.6 Å². The quantitative estimate of drug-likeness (QED) is 0.830. The van der Waals surface area contributed by atoms with Crippen LogP contribution in [0.5, 0.6) is 5.75 Å². The zero-order chi connectivity index (χ0) is 12.6. The number of nitrogens with one attached hydrogen (secondary N) is 1. The van der Waals surface area contributed by atoms with E-state index < -0.39 is 15.2 Å². The fourth-order valence-electron chi connectivity index (χ4n) is 1.53. The van der Waals surface area contributed by atoms with Crippen LogP contribution in [0.25, 0.3) is 0 Å². The summed E-state index contributed by atoms with van der Waals surface area (Å²) in [6.07, 6.45) is -0.592. The van der Waals surface area contributed by atoms with Crippen LogP contribution in [0.1, 0.15) is 12.5 Å². The minimum atomic E-state index is -3.60. The van der Waals surface area contributed by atoms with Crippen molar-refractivity contribution in [3.63, 3.8) is 0 Å². The fourth-order valence-corrected chi connectivity index (χ4v) is 2.49. The molecule has 0 aliphatic carbocycles. The molecule has 0 fully saturated rings. The molecule has 0 radical (unpaired) electrons. The van der Waals surface area contributed by atoms with E-state index in [0.29, 0.717) is 17.0 Å². The molecule has 0 bridgehead atoms. The van der Waals surface area contributed by atoms with Gasteiger partial charge in [0.25, 0.3) is 5.91 Å². The van der Waals surface area contributed by atoms with Crippen LogP contribution >= 0.6 is 10.7 Å². The Morgan fingerprint density at radius 1 is 1.47 bits per heavy atom. The summed E-state index contributed by atoms with van der Waals surface area (Å²) in [5.41, 5.74) is 1.05. The van der Waals surface area contributed by atoms with Crippen molar-refractivity contribution in [3.05, 3.63) is 23.8 Å². The summed E-state index contributed by atoms with van der Waals surface area (Å²) in [7, 11) is 1.57. The first-order valence-electron chi connectivity index (χ1n) is 4.88. The number of carbonyl (C=O) groups excluding carboxylic acids is 1. The minimum absolute atomic E-state index is 0.227. The molecule has 0 saturated heterocycles. The summed E-state index contributed by atoms with van der Waals surface area (Å²) in [5.74, 6) is -0.0433. The first-order chi connectivity index (χ1) is 7.85. The van der Waals surface area contributed by atoms with Crippen LogP contribution in [-0.4, -0.2) is 20.4 Å². The summed E-state index contributed by atoms with van der Waals surface area (Å²) in [6.45, 7) is 1.61. The monoisotopic (exact) mass is 275 g/mol. The number of ether oxygens (including phenoxy) is 1. The number of halogens is 1. The Bertz CT molecular complexity index is 570. The largest absolute Gasteiger partial charge is 0.479 e. The normalized spacial score (nSPS) is 19.2. The predicted octanol–water partition coefficient (Wildman–Crippen LogP) is 1.47. The van der Waals surface area contributed by atoms with Crippen molar-refractivity contribution in [1.29, 1.82) is 0 Å². The molecule has 1 aromatic carbocycles. The van der Waals surface area contributed by atoms with Crippen molar-refractivity contribution < 1.29 is 17.9 Å². The Balaban J connectivity index is 2.32. The average Bonchev–Trinajstić information content (AvgIpc) is 2.18. The van der Waals surface area contributed by atoms with Gasteiger partial charge >= 0.3 is 0 Å². The van der Waals surface area contributed by atoms with Gasteiger partial charge in [-0.2, -0.15) is 0 Å². The minimum Gasteiger partial charge on any atom is -0.479 e. The number of amides is 1. The van der Waals surface area contributed by atoms with Gasteiger partial charge in [0, 0.05) is 10.7 Å². The third kappa shape index (κ3) is 2.89. The van der Waals surface area contributed by atoms with Crippen molar-refractivity contribution in [2.24, 2.45) is 0 Å². The van der Waals surface area contributed by atoms with E-state index >= 15 is 0 Å². The second-order valence-corrected chi connectivity index (χ2v) is 6.54. The van der Waals surface area contributed by atoms with E-state index in [9.17, 15) is 13.2 Å². The van der Waals surface area contributed by atoms with Gasteiger partial charge in [0.05, 0.1) is 11.4 Å². The lowest BCUT2D eigenvalue weighted by atomic mass is 10.1. The van der Waals surface area contributed by atoms with E-state index in [2.05, 4.69) is 5.32 Å². The van der Waals surface area contributed by atoms with Crippen LogP contribution in [0.4, 0.5) is 5.69 Å². The zero-order valence-corrected chi connectivity index (χ0v) is 10.5. The summed E-state index contributed by atoms with van der Waals surface area (Å²) in [6, 6.07) is 4.74. The van der Waals surface area contributed by atoms with Gasteiger partial charge in [0.2, 0.25) is 9.05 Å². The average molecular weight is 276 g/mol. The number of fused-ring (bicyclic) bond motifs is 1. The topological polar surface area (TPSA) is 72.5 Å². The summed E-state index contributed by atoms with van der Waals surface area (Å²) in [5, 5.41) is 2.65. The second-order valence-electron chi connectivity index (χ2n) is 3.76. The Morgan fingerprint density at radius 2 is 2.18 bits per heavy atom. The maximum Gasteiger partial charge on any atom is 0.265 e. The standard InChI is InChI=1S/C10H10ClNO4S/c1-6-10(13)12-8-3-2-7(4-9(8)16-6)5-17(11,14)15/h2-4,6H,5H2,1H3,(H,12,13). The number of hydrogen-bond donors (Lipinski definition) is 1. The van der Waals surface area contributed by atoms with Crippen molar-refractivity contribution in [2.75, 3.05) is 5.32 Å². The van der Waals surface area contributed by atoms with Crippen molar-refractivity contribution >= 4 is 31.3 Å². The van der Waals surface area contributed by atoms with Crippen LogP contribution in [0.3, 0.4) is 0 Å². The van der Waals surface area contributed by atoms with E-state index in [-0.39, 0.29) is 11.7 Å². The van der Waals surface area contributed by atoms with Gasteiger partial charge in [-0.1, -0.05) is 6.07 Å². The molecule has 1 aliphatic heterocycles. The van der Waals surface area contributed by atoms with Crippen molar-refractivity contribution in [3.8, 4) is 5.75 Å². The Labute approximate surface area is 103 Å². The smallest absolute Gasteiger partial charge is 0.265 e. The third-order valence-electron chi connectivity index (χ3n) is 2.32. The number of rotatable bonds is 2. The van der Waals surface area contributed by atoms with Gasteiger partial charge in [0.15, 0.2) is 6.10 Å². The highest BCUT2D eigenvalue weighted by molar-refractivity contribution is 8.13. The number of benzene rings is 1. The molecule has 1 N–H and O–H groups in total. The maximum atomic E-state index is 11.3. The van der Waals surface area contributed by atoms with E-state index in [0.717, 1.165) is 0 Å². The molecule has 0 saturated carbocycles. The summed E-state index contributed by atoms with van der Waals surface area (Å²) in [4.78, 5) is 11.3. The molecule has 1 aliphatic rings. The highest BCUT2D eigenvalue weighted by atomic mass is 35.7. The Kier molecular flexibility index (Phi) is 3.01. The summed E-state index contributed by atoms with van der Waals surface area (Å²) < 4.78 is 27.2. The van der Waals surface area contributed by atoms with Crippen molar-refractivity contribution in [1.82, 2.24) is 0 Å². The SMILES string of the molecule is CC1Oc2cc(CS(=O)(=O)Cl)ccc2NC1=O. The van der Waals surface area contributed by atoms with Gasteiger partial charge in [-0.15, -0.1) is 0 Å². The highest BCUT2D eigenvalue weighted by Gasteiger charge is 2.23. The first kappa shape index (κ1) is 12.2. The van der Waals surface area contributed by atoms with Gasteiger partial charge in [-0.3, -0.25) is 4.79 Å². The molecular weight excluding hydrogens is 266 g/mol. The molecule has 0 spiro atoms. The van der Waals surface area contributed by atoms with E-state index in [1.165, 1.54) is 0 Å². The molecule has 2 rings (SSSR count). The van der Waals surface area contributed by atoms with Crippen molar-refractivity contribution in [2.45, 2.75) is 18.8 Å². The summed E-state index contributed by atoms with van der Waals surface area (Å²) >= 11 is 0. The Morgan fingerprint density at radius 3 is 2.82 bits per heavy atom. The number of hydrogen-bond acceptors (Lipinski definition) is 4. The number of carbonyl (C=O) groups is 1. The van der Waals surface area contributed by atoms with Gasteiger partial charge in [0.1, 0.15) is 5.75 Å². The lowest BCUT2D eigenvalue weighted by molar-refractivity contribution is -0.122. The molecule has 0 aromatic heterocycles. The molecule has 1 heterocycles. The van der Waals surface area contributed by atoms with Crippen LogP contribution in [0.2, 0.25) is 0 Å². The molecule has 92 valence electrons. The maximum absolute atomic E-state index is 11.3. The molecule has 1 aromatic rings. The lowest BCUT2D eigenvalue weighted by Crippen LogP contribution is -2.34. The van der Waals surface area contributed by atoms with Gasteiger partial charge < -0.3 is 10.1 Å². The van der Waals surface area contributed by atoms with Crippen LogP contribution in [0.15, 0.2) is 18.2 Å². The first-order valence-corrected chi connectivity index (χ1v) is 7.36. The fraction of sp³-hybridized carbons (Fsp3) is 0.300. The highest BCUT2D eigenvalue weighted by Crippen LogP contribution is 2.31. The number of anilines is 1. The van der Waals surface area contributed by atoms with Crippen LogP contribution in [-0.2, 0) is 19.6 Å². The molecule has 1 atom stereocenters. The van der Waals surface area contributed by atoms with E-state index in [4.69, 9.17) is 15.4 Å². The van der Waals surface area contributed by atoms with E-state index in [1.54, 1.807) is 25.1 Å². The lowest BCUT2D eigenvalue weighted by Gasteiger charge is -2.23. The third-order valence-corrected chi connectivity index (χ3v) is 3.32. The molecular formula is C10H10ClNO4S.